The lowest BCUT2D eigenvalue weighted by molar-refractivity contribution is 0.130. The van der Waals surface area contributed by atoms with Gasteiger partial charge in [-0.15, -0.1) is 0 Å². The van der Waals surface area contributed by atoms with Gasteiger partial charge in [-0.2, -0.15) is 4.98 Å². The Morgan fingerprint density at radius 1 is 1.00 bits per heavy atom. The fraction of sp³-hybridized carbons (Fsp3) is 0.429. The van der Waals surface area contributed by atoms with Crippen LogP contribution in [0.5, 0.6) is 0 Å². The van der Waals surface area contributed by atoms with Gasteiger partial charge in [0.1, 0.15) is 5.82 Å². The van der Waals surface area contributed by atoms with Gasteiger partial charge in [0.15, 0.2) is 6.23 Å². The van der Waals surface area contributed by atoms with Gasteiger partial charge in [0, 0.05) is 49.9 Å². The molecule has 3 atom stereocenters. The number of aliphatic hydroxyl groups is 2. The summed E-state index contributed by atoms with van der Waals surface area (Å²) in [6.07, 6.45) is 1.51. The Morgan fingerprint density at radius 3 is 2.38 bits per heavy atom. The van der Waals surface area contributed by atoms with Crippen molar-refractivity contribution in [2.75, 3.05) is 60.4 Å². The van der Waals surface area contributed by atoms with Gasteiger partial charge in [0.05, 0.1) is 23.9 Å². The van der Waals surface area contributed by atoms with Gasteiger partial charge < -0.3 is 30.2 Å². The van der Waals surface area contributed by atoms with E-state index < -0.39 is 6.23 Å². The second-order valence-corrected chi connectivity index (χ2v) is 10.7. The molecule has 37 heavy (non-hydrogen) atoms. The van der Waals surface area contributed by atoms with Crippen molar-refractivity contribution in [1.82, 2.24) is 14.9 Å². The molecule has 1 saturated carbocycles. The Balaban J connectivity index is 1.18. The Bertz CT molecular complexity index is 1300. The number of hydrogen-bond donors (Lipinski definition) is 3. The summed E-state index contributed by atoms with van der Waals surface area (Å²) in [6, 6.07) is 14.4. The number of fused-ring (bicyclic) bond motifs is 1. The predicted molar refractivity (Wildman–Crippen MR) is 147 cm³/mol. The molecular weight excluding hydrogens is 466 g/mol. The fourth-order valence-electron chi connectivity index (χ4n) is 5.91. The first-order valence-electron chi connectivity index (χ1n) is 12.9. The van der Waals surface area contributed by atoms with Gasteiger partial charge >= 0.3 is 0 Å². The van der Waals surface area contributed by atoms with Gasteiger partial charge in [0.25, 0.3) is 0 Å². The van der Waals surface area contributed by atoms with Crippen LogP contribution in [0.1, 0.15) is 29.3 Å². The van der Waals surface area contributed by atoms with E-state index in [0.717, 1.165) is 60.1 Å². The van der Waals surface area contributed by atoms with Crippen LogP contribution in [0.3, 0.4) is 0 Å². The summed E-state index contributed by atoms with van der Waals surface area (Å²) in [7, 11) is 4.09. The third-order valence-corrected chi connectivity index (χ3v) is 8.25. The van der Waals surface area contributed by atoms with Crippen molar-refractivity contribution in [3.8, 4) is 0 Å². The van der Waals surface area contributed by atoms with E-state index in [-0.39, 0.29) is 11.6 Å². The molecule has 1 spiro atoms. The highest BCUT2D eigenvalue weighted by molar-refractivity contribution is 5.66. The summed E-state index contributed by atoms with van der Waals surface area (Å²) in [6.45, 7) is 7.39. The Morgan fingerprint density at radius 2 is 1.70 bits per heavy atom. The second kappa shape index (κ2) is 8.86. The Kier molecular flexibility index (Phi) is 5.74. The highest BCUT2D eigenvalue weighted by Gasteiger charge is 2.58. The maximum atomic E-state index is 11.2. The molecule has 0 amide bonds. The largest absolute Gasteiger partial charge is 0.391 e. The van der Waals surface area contributed by atoms with Crippen molar-refractivity contribution in [1.29, 1.82) is 0 Å². The van der Waals surface area contributed by atoms with Crippen molar-refractivity contribution in [2.24, 2.45) is 0 Å². The molecular formula is C28H35N7O2. The Labute approximate surface area is 218 Å². The molecule has 2 fully saturated rings. The first-order valence-corrected chi connectivity index (χ1v) is 12.9. The number of nitrogens with one attached hydrogen (secondary N) is 1. The SMILES string of the molecule is Cc1cccc(C)c1N1CN(C)c2nc(Nc3ccc(N4CCN(C)C5(CC5O)C4)cc3)ncc2C1O. The molecule has 3 heterocycles. The fourth-order valence-corrected chi connectivity index (χ4v) is 5.91. The van der Waals surface area contributed by atoms with Crippen LogP contribution < -0.4 is 20.0 Å². The van der Waals surface area contributed by atoms with E-state index in [2.05, 4.69) is 65.3 Å². The van der Waals surface area contributed by atoms with Gasteiger partial charge in [-0.3, -0.25) is 4.90 Å². The molecule has 3 unspecified atom stereocenters. The molecule has 3 N–H and O–H groups in total. The maximum Gasteiger partial charge on any atom is 0.229 e. The molecule has 0 radical (unpaired) electrons. The van der Waals surface area contributed by atoms with E-state index in [1.165, 1.54) is 0 Å². The summed E-state index contributed by atoms with van der Waals surface area (Å²) >= 11 is 0. The molecule has 3 aromatic rings. The average molecular weight is 502 g/mol. The van der Waals surface area contributed by atoms with Crippen LogP contribution in [-0.2, 0) is 0 Å². The number of piperazine rings is 1. The van der Waals surface area contributed by atoms with E-state index in [0.29, 0.717) is 18.2 Å². The summed E-state index contributed by atoms with van der Waals surface area (Å²) in [5.74, 6) is 1.21. The summed E-state index contributed by atoms with van der Waals surface area (Å²) in [5.41, 5.74) is 5.93. The molecule has 1 aliphatic carbocycles. The summed E-state index contributed by atoms with van der Waals surface area (Å²) in [5, 5.41) is 24.7. The zero-order valence-electron chi connectivity index (χ0n) is 21.9. The molecule has 194 valence electrons. The summed E-state index contributed by atoms with van der Waals surface area (Å²) in [4.78, 5) is 18.0. The van der Waals surface area contributed by atoms with E-state index in [4.69, 9.17) is 4.98 Å². The molecule has 9 nitrogen and oxygen atoms in total. The van der Waals surface area contributed by atoms with E-state index >= 15 is 0 Å². The van der Waals surface area contributed by atoms with Gasteiger partial charge in [0.2, 0.25) is 5.95 Å². The minimum atomic E-state index is -0.823. The van der Waals surface area contributed by atoms with Crippen LogP contribution in [0.2, 0.25) is 0 Å². The minimum Gasteiger partial charge on any atom is -0.391 e. The monoisotopic (exact) mass is 501 g/mol. The van der Waals surface area contributed by atoms with Crippen molar-refractivity contribution in [2.45, 2.75) is 38.1 Å². The van der Waals surface area contributed by atoms with Crippen LogP contribution in [0.25, 0.3) is 0 Å². The standard InChI is InChI=1S/C28H35N7O2/c1-18-6-5-7-19(2)24(18)35-17-32(3)25-22(26(35)37)15-29-27(31-25)30-20-8-10-21(11-9-20)34-13-12-33(4)28(16-34)14-23(28)36/h5-11,15,23,26,36-37H,12-14,16-17H2,1-4H3,(H,29,30,31). The Hall–Kier alpha value is -3.40. The molecule has 9 heteroatoms. The lowest BCUT2D eigenvalue weighted by Gasteiger charge is -2.41. The van der Waals surface area contributed by atoms with Crippen LogP contribution in [0, 0.1) is 13.8 Å². The topological polar surface area (TPSA) is 91.2 Å². The van der Waals surface area contributed by atoms with E-state index in [9.17, 15) is 10.2 Å². The molecule has 2 aromatic carbocycles. The third kappa shape index (κ3) is 4.07. The average Bonchev–Trinajstić information content (AvgIpc) is 3.53. The summed E-state index contributed by atoms with van der Waals surface area (Å²) < 4.78 is 0. The number of rotatable bonds is 4. The van der Waals surface area contributed by atoms with Crippen molar-refractivity contribution >= 4 is 28.8 Å². The lowest BCUT2D eigenvalue weighted by atomic mass is 10.1. The van der Waals surface area contributed by atoms with Gasteiger partial charge in [-0.25, -0.2) is 4.98 Å². The molecule has 2 aliphatic heterocycles. The minimum absolute atomic E-state index is 0.0871. The van der Waals surface area contributed by atoms with Gasteiger partial charge in [-0.1, -0.05) is 18.2 Å². The van der Waals surface area contributed by atoms with Crippen LogP contribution in [0.15, 0.2) is 48.7 Å². The zero-order valence-corrected chi connectivity index (χ0v) is 21.9. The first-order chi connectivity index (χ1) is 17.8. The predicted octanol–water partition coefficient (Wildman–Crippen LogP) is 3.00. The molecule has 1 saturated heterocycles. The number of aryl methyl sites for hydroxylation is 2. The second-order valence-electron chi connectivity index (χ2n) is 10.7. The number of hydrogen-bond acceptors (Lipinski definition) is 9. The molecule has 6 rings (SSSR count). The van der Waals surface area contributed by atoms with Crippen LogP contribution >= 0.6 is 0 Å². The maximum absolute atomic E-state index is 11.2. The number of para-hydroxylation sites is 1. The molecule has 0 bridgehead atoms. The number of nitrogens with zero attached hydrogens (tertiary/aromatic N) is 6. The first kappa shape index (κ1) is 24.0. The number of aliphatic hydroxyl groups excluding tert-OH is 2. The molecule has 1 aromatic heterocycles. The number of anilines is 5. The van der Waals surface area contributed by atoms with Crippen molar-refractivity contribution < 1.29 is 10.2 Å². The normalized spacial score (nSPS) is 25.4. The van der Waals surface area contributed by atoms with Gasteiger partial charge in [-0.05, 0) is 62.7 Å². The number of aromatic nitrogens is 2. The number of benzene rings is 2. The lowest BCUT2D eigenvalue weighted by Crippen LogP contribution is -2.55. The highest BCUT2D eigenvalue weighted by Crippen LogP contribution is 2.44. The third-order valence-electron chi connectivity index (χ3n) is 8.25. The highest BCUT2D eigenvalue weighted by atomic mass is 16.3. The van der Waals surface area contributed by atoms with E-state index in [1.54, 1.807) is 6.20 Å². The zero-order chi connectivity index (χ0) is 25.9. The smallest absolute Gasteiger partial charge is 0.229 e. The van der Waals surface area contributed by atoms with Crippen molar-refractivity contribution in [3.63, 3.8) is 0 Å². The molecule has 3 aliphatic rings. The van der Waals surface area contributed by atoms with Crippen molar-refractivity contribution in [3.05, 3.63) is 65.4 Å². The number of likely N-dealkylation sites (N-methyl/N-ethyl adjacent to an activating group) is 1. The quantitative estimate of drug-likeness (QED) is 0.499. The van der Waals surface area contributed by atoms with Crippen LogP contribution in [-0.4, -0.2) is 77.1 Å². The van der Waals surface area contributed by atoms with E-state index in [1.807, 2.05) is 35.0 Å². The van der Waals surface area contributed by atoms with Crippen LogP contribution in [0.4, 0.5) is 28.8 Å².